The number of nitrogens with one attached hydrogen (secondary N) is 2. The number of carbonyl (C=O) groups is 4. The van der Waals surface area contributed by atoms with Crippen molar-refractivity contribution in [3.63, 3.8) is 0 Å². The topological polar surface area (TPSA) is 98.8 Å². The van der Waals surface area contributed by atoms with Gasteiger partial charge >= 0.3 is 0 Å². The van der Waals surface area contributed by atoms with Gasteiger partial charge in [0.1, 0.15) is 6.17 Å². The second-order valence-electron chi connectivity index (χ2n) is 4.58. The van der Waals surface area contributed by atoms with Gasteiger partial charge in [-0.1, -0.05) is 0 Å². The van der Waals surface area contributed by atoms with Crippen molar-refractivity contribution < 1.29 is 19.2 Å². The third-order valence-corrected chi connectivity index (χ3v) is 3.25. The molecule has 1 unspecified atom stereocenters. The molecule has 2 rings (SSSR count). The standard InChI is InChI=1S/C12H16N4O4/c17-7-9(18)12-14-13-8-15(12)5-1-2-6-16-10(19)3-4-11(16)20/h3-4,7,12-14H,1-2,5-6,8H2. The number of hydrogen-bond donors (Lipinski definition) is 2. The minimum atomic E-state index is -0.635. The lowest BCUT2D eigenvalue weighted by molar-refractivity contribution is -0.136. The molecular weight excluding hydrogens is 264 g/mol. The maximum atomic E-state index is 11.3. The Kier molecular flexibility index (Phi) is 4.72. The lowest BCUT2D eigenvalue weighted by Crippen LogP contribution is -2.44. The zero-order valence-electron chi connectivity index (χ0n) is 10.9. The Morgan fingerprint density at radius 2 is 1.90 bits per heavy atom. The number of unbranched alkanes of at least 4 members (excludes halogenated alkanes) is 1. The summed E-state index contributed by atoms with van der Waals surface area (Å²) in [6, 6.07) is 0. The van der Waals surface area contributed by atoms with Gasteiger partial charge in [0.25, 0.3) is 11.8 Å². The molecule has 2 N–H and O–H groups in total. The highest BCUT2D eigenvalue weighted by atomic mass is 16.2. The van der Waals surface area contributed by atoms with Gasteiger partial charge in [-0.25, -0.2) is 10.9 Å². The molecule has 2 heterocycles. The van der Waals surface area contributed by atoms with E-state index in [1.54, 1.807) is 4.90 Å². The van der Waals surface area contributed by atoms with Crippen molar-refractivity contribution in [1.29, 1.82) is 0 Å². The van der Waals surface area contributed by atoms with Crippen molar-refractivity contribution in [1.82, 2.24) is 20.7 Å². The number of hydrazine groups is 1. The van der Waals surface area contributed by atoms with Crippen LogP contribution in [-0.4, -0.2) is 59.6 Å². The fourth-order valence-corrected chi connectivity index (χ4v) is 2.19. The van der Waals surface area contributed by atoms with Gasteiger partial charge in [-0.2, -0.15) is 0 Å². The second-order valence-corrected chi connectivity index (χ2v) is 4.58. The van der Waals surface area contributed by atoms with Crippen molar-refractivity contribution >= 4 is 23.9 Å². The van der Waals surface area contributed by atoms with Gasteiger partial charge in [0, 0.05) is 25.2 Å². The monoisotopic (exact) mass is 280 g/mol. The van der Waals surface area contributed by atoms with Crippen LogP contribution in [0.3, 0.4) is 0 Å². The van der Waals surface area contributed by atoms with Crippen LogP contribution >= 0.6 is 0 Å². The number of Topliss-reactive ketones (excluding diaryl/α,β-unsaturated/α-hetero) is 1. The Morgan fingerprint density at radius 3 is 2.55 bits per heavy atom. The van der Waals surface area contributed by atoms with Crippen LogP contribution in [0.25, 0.3) is 0 Å². The molecule has 0 radical (unpaired) electrons. The van der Waals surface area contributed by atoms with Crippen LogP contribution in [0.2, 0.25) is 0 Å². The first-order valence-corrected chi connectivity index (χ1v) is 6.38. The van der Waals surface area contributed by atoms with Crippen LogP contribution in [0.15, 0.2) is 12.2 Å². The maximum Gasteiger partial charge on any atom is 0.253 e. The Balaban J connectivity index is 1.71. The largest absolute Gasteiger partial charge is 0.294 e. The van der Waals surface area contributed by atoms with Gasteiger partial charge in [0.05, 0.1) is 6.67 Å². The van der Waals surface area contributed by atoms with Gasteiger partial charge in [-0.15, -0.1) is 0 Å². The lowest BCUT2D eigenvalue weighted by Gasteiger charge is -2.20. The van der Waals surface area contributed by atoms with E-state index in [0.717, 1.165) is 0 Å². The van der Waals surface area contributed by atoms with Crippen LogP contribution in [0.4, 0.5) is 0 Å². The first kappa shape index (κ1) is 14.5. The molecule has 8 heteroatoms. The molecule has 0 aromatic heterocycles. The molecule has 0 aliphatic carbocycles. The summed E-state index contributed by atoms with van der Waals surface area (Å²) in [6.07, 6.45) is 3.54. The number of hydrogen-bond acceptors (Lipinski definition) is 7. The molecule has 0 spiro atoms. The number of aldehydes is 1. The molecule has 8 nitrogen and oxygen atoms in total. The molecule has 2 amide bonds. The molecule has 2 aliphatic rings. The number of nitrogens with zero attached hydrogens (tertiary/aromatic N) is 2. The average molecular weight is 280 g/mol. The van der Waals surface area contributed by atoms with Crippen molar-refractivity contribution in [2.45, 2.75) is 19.0 Å². The molecular formula is C12H16N4O4. The van der Waals surface area contributed by atoms with Gasteiger partial charge in [-0.3, -0.25) is 29.0 Å². The molecule has 108 valence electrons. The molecule has 20 heavy (non-hydrogen) atoms. The highest BCUT2D eigenvalue weighted by Crippen LogP contribution is 2.07. The smallest absolute Gasteiger partial charge is 0.253 e. The van der Waals surface area contributed by atoms with Crippen molar-refractivity contribution in [2.75, 3.05) is 19.8 Å². The van der Waals surface area contributed by atoms with Crippen LogP contribution in [0.5, 0.6) is 0 Å². The molecule has 2 aliphatic heterocycles. The summed E-state index contributed by atoms with van der Waals surface area (Å²) in [6.45, 7) is 1.42. The van der Waals surface area contributed by atoms with Gasteiger partial charge in [0.15, 0.2) is 6.29 Å². The quantitative estimate of drug-likeness (QED) is 0.244. The Bertz CT molecular complexity index is 444. The summed E-state index contributed by atoms with van der Waals surface area (Å²) < 4.78 is 0. The Labute approximate surface area is 115 Å². The first-order valence-electron chi connectivity index (χ1n) is 6.38. The summed E-state index contributed by atoms with van der Waals surface area (Å²) in [5.74, 6) is -1.09. The highest BCUT2D eigenvalue weighted by molar-refractivity contribution is 6.27. The fourth-order valence-electron chi connectivity index (χ4n) is 2.19. The zero-order valence-corrected chi connectivity index (χ0v) is 10.9. The average Bonchev–Trinajstić information content (AvgIpc) is 3.03. The van der Waals surface area contributed by atoms with Crippen molar-refractivity contribution in [3.8, 4) is 0 Å². The van der Waals surface area contributed by atoms with Crippen LogP contribution in [0, 0.1) is 0 Å². The summed E-state index contributed by atoms with van der Waals surface area (Å²) in [7, 11) is 0. The van der Waals surface area contributed by atoms with Crippen LogP contribution in [0.1, 0.15) is 12.8 Å². The van der Waals surface area contributed by atoms with E-state index in [4.69, 9.17) is 0 Å². The first-order chi connectivity index (χ1) is 9.63. The minimum absolute atomic E-state index is 0.284. The van der Waals surface area contributed by atoms with E-state index in [1.807, 2.05) is 0 Å². The van der Waals surface area contributed by atoms with E-state index in [2.05, 4.69) is 10.9 Å². The summed E-state index contributed by atoms with van der Waals surface area (Å²) in [5, 5.41) is 0. The molecule has 1 atom stereocenters. The molecule has 1 fully saturated rings. The third kappa shape index (κ3) is 3.16. The normalized spacial score (nSPS) is 22.8. The molecule has 0 saturated carbocycles. The zero-order chi connectivity index (χ0) is 14.5. The number of rotatable bonds is 7. The molecule has 1 saturated heterocycles. The SMILES string of the molecule is O=CC(=O)C1NNCN1CCCCN1C(=O)C=CC1=O. The Morgan fingerprint density at radius 1 is 1.25 bits per heavy atom. The summed E-state index contributed by atoms with van der Waals surface area (Å²) in [4.78, 5) is 47.4. The van der Waals surface area contributed by atoms with E-state index < -0.39 is 11.9 Å². The highest BCUT2D eigenvalue weighted by Gasteiger charge is 2.29. The number of imide groups is 1. The summed E-state index contributed by atoms with van der Waals surface area (Å²) in [5.41, 5.74) is 5.52. The molecule has 0 aromatic rings. The lowest BCUT2D eigenvalue weighted by atomic mass is 10.2. The number of amides is 2. The minimum Gasteiger partial charge on any atom is -0.294 e. The molecule has 0 aromatic carbocycles. The van der Waals surface area contributed by atoms with E-state index in [-0.39, 0.29) is 11.8 Å². The summed E-state index contributed by atoms with van der Waals surface area (Å²) >= 11 is 0. The van der Waals surface area contributed by atoms with Crippen LogP contribution < -0.4 is 10.9 Å². The van der Waals surface area contributed by atoms with Gasteiger partial charge in [0.2, 0.25) is 5.78 Å². The van der Waals surface area contributed by atoms with Gasteiger partial charge in [-0.05, 0) is 12.8 Å². The van der Waals surface area contributed by atoms with Crippen molar-refractivity contribution in [2.24, 2.45) is 0 Å². The van der Waals surface area contributed by atoms with E-state index in [9.17, 15) is 19.2 Å². The van der Waals surface area contributed by atoms with E-state index in [0.29, 0.717) is 38.9 Å². The van der Waals surface area contributed by atoms with Crippen LogP contribution in [-0.2, 0) is 19.2 Å². The van der Waals surface area contributed by atoms with E-state index >= 15 is 0 Å². The van der Waals surface area contributed by atoms with Gasteiger partial charge < -0.3 is 0 Å². The maximum absolute atomic E-state index is 11.3. The Hall–Kier alpha value is -1.90. The number of ketones is 1. The third-order valence-electron chi connectivity index (χ3n) is 3.25. The molecule has 0 bridgehead atoms. The predicted octanol–water partition coefficient (Wildman–Crippen LogP) is -1.85. The fraction of sp³-hybridized carbons (Fsp3) is 0.500. The number of carbonyl (C=O) groups excluding carboxylic acids is 4. The van der Waals surface area contributed by atoms with Crippen molar-refractivity contribution in [3.05, 3.63) is 12.2 Å². The second kappa shape index (κ2) is 6.51. The van der Waals surface area contributed by atoms with E-state index in [1.165, 1.54) is 17.1 Å². The predicted molar refractivity (Wildman–Crippen MR) is 67.8 cm³/mol.